The molecule has 0 aliphatic carbocycles. The molecule has 0 aromatic rings. The number of halogens is 2. The van der Waals surface area contributed by atoms with E-state index in [0.29, 0.717) is 0 Å². The molecule has 7 heavy (non-hydrogen) atoms. The van der Waals surface area contributed by atoms with Crippen molar-refractivity contribution >= 4 is 0 Å². The second kappa shape index (κ2) is 1.87. The maximum Gasteiger partial charge on any atom is 0.258 e. The van der Waals surface area contributed by atoms with Gasteiger partial charge in [-0.1, -0.05) is 0 Å². The lowest BCUT2D eigenvalue weighted by Gasteiger charge is -2.00. The molecule has 0 aliphatic heterocycles. The summed E-state index contributed by atoms with van der Waals surface area (Å²) in [6.45, 7) is 0.718. The third kappa shape index (κ3) is 5.35. The van der Waals surface area contributed by atoms with E-state index in [-0.39, 0.29) is 0 Å². The molecule has 0 heterocycles. The van der Waals surface area contributed by atoms with E-state index in [1.54, 1.807) is 0 Å². The number of hydrogen-bond donors (Lipinski definition) is 0. The number of nitriles is 1. The normalized spacial score (nSPS) is 10.6. The van der Waals surface area contributed by atoms with Crippen molar-refractivity contribution in [3.8, 4) is 6.07 Å². The molecule has 0 spiro atoms. The van der Waals surface area contributed by atoms with Gasteiger partial charge in [0, 0.05) is 6.92 Å². The molecule has 0 aromatic heterocycles. The molecule has 0 radical (unpaired) electrons. The first kappa shape index (κ1) is 6.35. The van der Waals surface area contributed by atoms with Gasteiger partial charge in [0.05, 0.1) is 12.5 Å². The number of nitrogens with zero attached hydrogens (tertiary/aromatic N) is 1. The Morgan fingerprint density at radius 3 is 2.14 bits per heavy atom. The van der Waals surface area contributed by atoms with E-state index in [9.17, 15) is 8.78 Å². The lowest BCUT2D eigenvalue weighted by atomic mass is 10.3. The van der Waals surface area contributed by atoms with Crippen molar-refractivity contribution in [2.75, 3.05) is 0 Å². The molecule has 0 aromatic carbocycles. The summed E-state index contributed by atoms with van der Waals surface area (Å²) in [5.41, 5.74) is 0. The summed E-state index contributed by atoms with van der Waals surface area (Å²) >= 11 is 0. The zero-order valence-corrected chi connectivity index (χ0v) is 3.91. The van der Waals surface area contributed by atoms with Crippen LogP contribution in [0.4, 0.5) is 8.78 Å². The zero-order valence-electron chi connectivity index (χ0n) is 3.91. The van der Waals surface area contributed by atoms with Crippen molar-refractivity contribution in [2.45, 2.75) is 19.3 Å². The molecule has 0 bridgehead atoms. The van der Waals surface area contributed by atoms with Crippen LogP contribution in [0.1, 0.15) is 13.3 Å². The van der Waals surface area contributed by atoms with Gasteiger partial charge < -0.3 is 0 Å². The summed E-state index contributed by atoms with van der Waals surface area (Å²) in [4.78, 5) is 0. The van der Waals surface area contributed by atoms with E-state index in [2.05, 4.69) is 0 Å². The number of hydrogen-bond acceptors (Lipinski definition) is 1. The SMILES string of the molecule is CC(F)(F)CC#N. The molecule has 0 fully saturated rings. The molecule has 0 unspecified atom stereocenters. The van der Waals surface area contributed by atoms with E-state index < -0.39 is 12.3 Å². The van der Waals surface area contributed by atoms with Gasteiger partial charge in [-0.05, 0) is 0 Å². The van der Waals surface area contributed by atoms with E-state index in [1.165, 1.54) is 6.07 Å². The summed E-state index contributed by atoms with van der Waals surface area (Å²) in [5, 5.41) is 7.67. The highest BCUT2D eigenvalue weighted by Gasteiger charge is 2.19. The van der Waals surface area contributed by atoms with Crippen LogP contribution in [0.15, 0.2) is 0 Å². The van der Waals surface area contributed by atoms with Crippen molar-refractivity contribution < 1.29 is 8.78 Å². The van der Waals surface area contributed by atoms with Crippen LogP contribution in [0.25, 0.3) is 0 Å². The fraction of sp³-hybridized carbons (Fsp3) is 0.750. The second-order valence-corrected chi connectivity index (χ2v) is 1.41. The Kier molecular flexibility index (Phi) is 1.70. The summed E-state index contributed by atoms with van der Waals surface area (Å²) in [7, 11) is 0. The molecular formula is C4H5F2N. The van der Waals surface area contributed by atoms with Gasteiger partial charge in [-0.2, -0.15) is 5.26 Å². The standard InChI is InChI=1S/C4H5F2N/c1-4(5,6)2-3-7/h2H2,1H3. The first-order valence-electron chi connectivity index (χ1n) is 1.81. The highest BCUT2D eigenvalue weighted by atomic mass is 19.3. The van der Waals surface area contributed by atoms with Gasteiger partial charge in [0.1, 0.15) is 0 Å². The first-order chi connectivity index (χ1) is 3.06. The Hall–Kier alpha value is -0.650. The van der Waals surface area contributed by atoms with Crippen LogP contribution in [-0.2, 0) is 0 Å². The molecule has 40 valence electrons. The predicted molar refractivity (Wildman–Crippen MR) is 20.9 cm³/mol. The zero-order chi connectivity index (χ0) is 5.91. The molecule has 0 rings (SSSR count). The Morgan fingerprint density at radius 1 is 1.71 bits per heavy atom. The molecular weight excluding hydrogens is 100 g/mol. The topological polar surface area (TPSA) is 23.8 Å². The van der Waals surface area contributed by atoms with Gasteiger partial charge in [0.2, 0.25) is 0 Å². The fourth-order valence-electron chi connectivity index (χ4n) is 0.139. The summed E-state index contributed by atoms with van der Waals surface area (Å²) in [5.74, 6) is -2.81. The monoisotopic (exact) mass is 105 g/mol. The molecule has 0 amide bonds. The third-order valence-corrected chi connectivity index (χ3v) is 0.389. The second-order valence-electron chi connectivity index (χ2n) is 1.41. The smallest absolute Gasteiger partial charge is 0.206 e. The average Bonchev–Trinajstić information content (AvgIpc) is 1.30. The minimum absolute atomic E-state index is 0.688. The van der Waals surface area contributed by atoms with Crippen molar-refractivity contribution in [2.24, 2.45) is 0 Å². The molecule has 0 atom stereocenters. The van der Waals surface area contributed by atoms with Gasteiger partial charge in [-0.3, -0.25) is 0 Å². The van der Waals surface area contributed by atoms with Crippen LogP contribution < -0.4 is 0 Å². The highest BCUT2D eigenvalue weighted by Crippen LogP contribution is 2.14. The Labute approximate surface area is 40.6 Å². The minimum atomic E-state index is -2.81. The first-order valence-corrected chi connectivity index (χ1v) is 1.81. The molecule has 0 aliphatic rings. The summed E-state index contributed by atoms with van der Waals surface area (Å²) < 4.78 is 23.0. The lowest BCUT2D eigenvalue weighted by molar-refractivity contribution is 0.0274. The van der Waals surface area contributed by atoms with E-state index in [1.807, 2.05) is 0 Å². The van der Waals surface area contributed by atoms with Crippen LogP contribution in [0.2, 0.25) is 0 Å². The number of rotatable bonds is 1. The Morgan fingerprint density at radius 2 is 2.14 bits per heavy atom. The maximum atomic E-state index is 11.5. The van der Waals surface area contributed by atoms with Crippen molar-refractivity contribution in [3.63, 3.8) is 0 Å². The van der Waals surface area contributed by atoms with Crippen LogP contribution in [0, 0.1) is 11.3 Å². The van der Waals surface area contributed by atoms with Gasteiger partial charge in [-0.25, -0.2) is 8.78 Å². The van der Waals surface area contributed by atoms with Gasteiger partial charge in [0.25, 0.3) is 5.92 Å². The highest BCUT2D eigenvalue weighted by molar-refractivity contribution is 4.77. The van der Waals surface area contributed by atoms with Crippen LogP contribution in [-0.4, -0.2) is 5.92 Å². The molecule has 0 N–H and O–H groups in total. The average molecular weight is 105 g/mol. The molecule has 1 nitrogen and oxygen atoms in total. The lowest BCUT2D eigenvalue weighted by Crippen LogP contribution is -2.06. The van der Waals surface area contributed by atoms with Crippen molar-refractivity contribution in [1.29, 1.82) is 5.26 Å². The molecule has 3 heteroatoms. The van der Waals surface area contributed by atoms with E-state index in [4.69, 9.17) is 5.26 Å². The Bertz CT molecular complexity index is 86.8. The molecule has 0 saturated heterocycles. The van der Waals surface area contributed by atoms with Gasteiger partial charge >= 0.3 is 0 Å². The van der Waals surface area contributed by atoms with Crippen LogP contribution >= 0.6 is 0 Å². The predicted octanol–water partition coefficient (Wildman–Crippen LogP) is 1.56. The maximum absolute atomic E-state index is 11.5. The third-order valence-electron chi connectivity index (χ3n) is 0.389. The number of alkyl halides is 2. The van der Waals surface area contributed by atoms with Gasteiger partial charge in [0.15, 0.2) is 0 Å². The van der Waals surface area contributed by atoms with E-state index >= 15 is 0 Å². The summed E-state index contributed by atoms with van der Waals surface area (Å²) in [6.07, 6.45) is -0.688. The molecule has 0 saturated carbocycles. The Balaban J connectivity index is 3.40. The van der Waals surface area contributed by atoms with E-state index in [0.717, 1.165) is 6.92 Å². The minimum Gasteiger partial charge on any atom is -0.206 e. The largest absolute Gasteiger partial charge is 0.258 e. The summed E-state index contributed by atoms with van der Waals surface area (Å²) in [6, 6.07) is 1.36. The van der Waals surface area contributed by atoms with Crippen molar-refractivity contribution in [1.82, 2.24) is 0 Å². The van der Waals surface area contributed by atoms with Crippen LogP contribution in [0.3, 0.4) is 0 Å². The van der Waals surface area contributed by atoms with Crippen LogP contribution in [0.5, 0.6) is 0 Å². The fourth-order valence-corrected chi connectivity index (χ4v) is 0.139. The van der Waals surface area contributed by atoms with Gasteiger partial charge in [-0.15, -0.1) is 0 Å². The quantitative estimate of drug-likeness (QED) is 0.496. The van der Waals surface area contributed by atoms with Crippen molar-refractivity contribution in [3.05, 3.63) is 0 Å².